The molecule has 1 amide bonds. The Bertz CT molecular complexity index is 1030. The molecule has 2 aromatic rings. The van der Waals surface area contributed by atoms with Gasteiger partial charge in [-0.15, -0.1) is 0 Å². The molecular weight excluding hydrogens is 408 g/mol. The quantitative estimate of drug-likeness (QED) is 0.638. The molecule has 3 rings (SSSR count). The molecule has 0 atom stereocenters. The zero-order chi connectivity index (χ0) is 21.7. The molecule has 162 valence electrons. The molecule has 0 spiro atoms. The van der Waals surface area contributed by atoms with Gasteiger partial charge in [0.2, 0.25) is 15.9 Å². The second-order valence-corrected chi connectivity index (χ2v) is 8.82. The van der Waals surface area contributed by atoms with Crippen LogP contribution in [0, 0.1) is 0 Å². The number of aromatic nitrogens is 2. The van der Waals surface area contributed by atoms with Crippen molar-refractivity contribution in [2.24, 2.45) is 7.05 Å². The van der Waals surface area contributed by atoms with E-state index in [2.05, 4.69) is 5.10 Å². The van der Waals surface area contributed by atoms with E-state index in [1.165, 1.54) is 27.5 Å². The Morgan fingerprint density at radius 2 is 1.87 bits per heavy atom. The third kappa shape index (κ3) is 4.82. The first-order valence-corrected chi connectivity index (χ1v) is 11.0. The molecule has 30 heavy (non-hydrogen) atoms. The molecule has 0 radical (unpaired) electrons. The van der Waals surface area contributed by atoms with Crippen LogP contribution in [-0.4, -0.2) is 73.7 Å². The smallest absolute Gasteiger partial charge is 0.246 e. The molecule has 10 heteroatoms. The van der Waals surface area contributed by atoms with E-state index in [0.717, 1.165) is 5.56 Å². The van der Waals surface area contributed by atoms with Crippen molar-refractivity contribution in [3.05, 3.63) is 42.2 Å². The van der Waals surface area contributed by atoms with Crippen LogP contribution in [0.3, 0.4) is 0 Å². The number of hydrogen-bond donors (Lipinski definition) is 0. The van der Waals surface area contributed by atoms with Crippen molar-refractivity contribution in [2.45, 2.75) is 11.3 Å². The summed E-state index contributed by atoms with van der Waals surface area (Å²) in [5, 5.41) is 3.94. The van der Waals surface area contributed by atoms with Crippen LogP contribution in [0.25, 0.3) is 6.08 Å². The topological polar surface area (TPSA) is 94.0 Å². The molecular formula is C20H26N4O5S. The third-order valence-corrected chi connectivity index (χ3v) is 6.76. The Kier molecular flexibility index (Phi) is 6.78. The maximum atomic E-state index is 12.8. The number of methoxy groups -OCH3 is 2. The van der Waals surface area contributed by atoms with Gasteiger partial charge >= 0.3 is 0 Å². The maximum absolute atomic E-state index is 12.8. The number of sulfonamides is 1. The molecule has 1 aromatic heterocycles. The molecule has 1 aliphatic rings. The number of carbonyl (C=O) groups excluding carboxylic acids is 1. The predicted octanol–water partition coefficient (Wildman–Crippen LogP) is 1.37. The lowest BCUT2D eigenvalue weighted by Crippen LogP contribution is -2.36. The fourth-order valence-electron chi connectivity index (χ4n) is 3.26. The summed E-state index contributed by atoms with van der Waals surface area (Å²) in [5.74, 6) is 1.03. The Balaban J connectivity index is 1.65. The summed E-state index contributed by atoms with van der Waals surface area (Å²) in [6.45, 7) is 1.43. The predicted molar refractivity (Wildman–Crippen MR) is 112 cm³/mol. The maximum Gasteiger partial charge on any atom is 0.246 e. The summed E-state index contributed by atoms with van der Waals surface area (Å²) in [4.78, 5) is 14.5. The van der Waals surface area contributed by atoms with Gasteiger partial charge in [0.15, 0.2) is 11.5 Å². The highest BCUT2D eigenvalue weighted by Crippen LogP contribution is 2.28. The zero-order valence-electron chi connectivity index (χ0n) is 17.3. The highest BCUT2D eigenvalue weighted by Gasteiger charge is 2.28. The summed E-state index contributed by atoms with van der Waals surface area (Å²) in [6, 6.07) is 5.39. The van der Waals surface area contributed by atoms with E-state index in [0.29, 0.717) is 37.6 Å². The van der Waals surface area contributed by atoms with E-state index in [-0.39, 0.29) is 17.3 Å². The second-order valence-electron chi connectivity index (χ2n) is 6.88. The van der Waals surface area contributed by atoms with Gasteiger partial charge in [-0.05, 0) is 30.2 Å². The molecule has 0 N–H and O–H groups in total. The van der Waals surface area contributed by atoms with Crippen molar-refractivity contribution in [3.63, 3.8) is 0 Å². The average Bonchev–Trinajstić information content (AvgIpc) is 3.03. The molecule has 0 bridgehead atoms. The molecule has 1 saturated heterocycles. The lowest BCUT2D eigenvalue weighted by molar-refractivity contribution is -0.125. The van der Waals surface area contributed by atoms with Crippen LogP contribution in [0.2, 0.25) is 0 Å². The summed E-state index contributed by atoms with van der Waals surface area (Å²) < 4.78 is 38.9. The zero-order valence-corrected chi connectivity index (χ0v) is 18.1. The first-order chi connectivity index (χ1) is 14.3. The Hall–Kier alpha value is -2.85. The van der Waals surface area contributed by atoms with Gasteiger partial charge in [0.05, 0.1) is 20.4 Å². The van der Waals surface area contributed by atoms with Gasteiger partial charge in [0.25, 0.3) is 0 Å². The van der Waals surface area contributed by atoms with Crippen molar-refractivity contribution in [3.8, 4) is 11.5 Å². The van der Waals surface area contributed by atoms with Crippen molar-refractivity contribution >= 4 is 22.0 Å². The number of ether oxygens (including phenoxy) is 2. The first kappa shape index (κ1) is 21.8. The van der Waals surface area contributed by atoms with Crippen molar-refractivity contribution in [1.29, 1.82) is 0 Å². The van der Waals surface area contributed by atoms with Crippen molar-refractivity contribution in [1.82, 2.24) is 19.0 Å². The molecule has 2 heterocycles. The van der Waals surface area contributed by atoms with E-state index < -0.39 is 10.0 Å². The molecule has 0 saturated carbocycles. The van der Waals surface area contributed by atoms with Gasteiger partial charge in [-0.2, -0.15) is 9.40 Å². The van der Waals surface area contributed by atoms with Gasteiger partial charge < -0.3 is 14.4 Å². The fourth-order valence-corrected chi connectivity index (χ4v) is 4.72. The third-order valence-electron chi connectivity index (χ3n) is 4.91. The largest absolute Gasteiger partial charge is 0.493 e. The molecule has 1 fully saturated rings. The summed E-state index contributed by atoms with van der Waals surface area (Å²) in [5.41, 5.74) is 0.802. The molecule has 1 aliphatic heterocycles. The highest BCUT2D eigenvalue weighted by molar-refractivity contribution is 7.89. The van der Waals surface area contributed by atoms with E-state index in [1.54, 1.807) is 44.4 Å². The minimum Gasteiger partial charge on any atom is -0.493 e. The highest BCUT2D eigenvalue weighted by atomic mass is 32.2. The van der Waals surface area contributed by atoms with Crippen LogP contribution in [0.1, 0.15) is 12.0 Å². The normalized spacial score (nSPS) is 15.9. The summed E-state index contributed by atoms with van der Waals surface area (Å²) in [6.07, 6.45) is 6.59. The molecule has 9 nitrogen and oxygen atoms in total. The Labute approximate surface area is 176 Å². The minimum absolute atomic E-state index is 0.162. The van der Waals surface area contributed by atoms with E-state index in [9.17, 15) is 13.2 Å². The van der Waals surface area contributed by atoms with Crippen LogP contribution < -0.4 is 9.47 Å². The average molecular weight is 435 g/mol. The SMILES string of the molecule is COc1ccc(C=CC(=O)N2CCCN(S(=O)(=O)c3cnn(C)c3)CC2)cc1OC. The lowest BCUT2D eigenvalue weighted by Gasteiger charge is -2.20. The molecule has 1 aromatic carbocycles. The van der Waals surface area contributed by atoms with Crippen molar-refractivity contribution < 1.29 is 22.7 Å². The van der Waals surface area contributed by atoms with Gasteiger partial charge in [0, 0.05) is 45.5 Å². The minimum atomic E-state index is -3.62. The number of hydrogen-bond acceptors (Lipinski definition) is 6. The van der Waals surface area contributed by atoms with Gasteiger partial charge in [0.1, 0.15) is 4.90 Å². The Morgan fingerprint density at radius 1 is 1.10 bits per heavy atom. The number of carbonyl (C=O) groups is 1. The van der Waals surface area contributed by atoms with E-state index in [4.69, 9.17) is 9.47 Å². The number of nitrogens with zero attached hydrogens (tertiary/aromatic N) is 4. The van der Waals surface area contributed by atoms with Crippen LogP contribution >= 0.6 is 0 Å². The first-order valence-electron chi connectivity index (χ1n) is 9.53. The van der Waals surface area contributed by atoms with Crippen LogP contribution in [-0.2, 0) is 21.9 Å². The number of aryl methyl sites for hydroxylation is 1. The molecule has 0 unspecified atom stereocenters. The monoisotopic (exact) mass is 434 g/mol. The van der Waals surface area contributed by atoms with Crippen LogP contribution in [0.5, 0.6) is 11.5 Å². The number of benzene rings is 1. The van der Waals surface area contributed by atoms with Crippen LogP contribution in [0.15, 0.2) is 41.6 Å². The van der Waals surface area contributed by atoms with E-state index in [1.807, 2.05) is 6.07 Å². The second kappa shape index (κ2) is 9.31. The fraction of sp³-hybridized carbons (Fsp3) is 0.400. The summed E-state index contributed by atoms with van der Waals surface area (Å²) >= 11 is 0. The number of amides is 1. The standard InChI is InChI=1S/C20H26N4O5S/c1-22-15-17(14-21-22)30(26,27)24-10-4-9-23(11-12-24)20(25)8-6-16-5-7-18(28-2)19(13-16)29-3/h5-8,13-15H,4,9-12H2,1-3H3. The summed E-state index contributed by atoms with van der Waals surface area (Å²) in [7, 11) is 1.18. The van der Waals surface area contributed by atoms with Crippen molar-refractivity contribution in [2.75, 3.05) is 40.4 Å². The van der Waals surface area contributed by atoms with Gasteiger partial charge in [-0.1, -0.05) is 6.07 Å². The lowest BCUT2D eigenvalue weighted by atomic mass is 10.2. The Morgan fingerprint density at radius 3 is 2.53 bits per heavy atom. The van der Waals surface area contributed by atoms with Gasteiger partial charge in [-0.3, -0.25) is 9.48 Å². The van der Waals surface area contributed by atoms with E-state index >= 15 is 0 Å². The van der Waals surface area contributed by atoms with Crippen LogP contribution in [0.4, 0.5) is 0 Å². The molecule has 0 aliphatic carbocycles. The van der Waals surface area contributed by atoms with Gasteiger partial charge in [-0.25, -0.2) is 8.42 Å². The number of rotatable bonds is 6.